The molecule has 0 spiro atoms. The first kappa shape index (κ1) is 15.8. The number of hydrogen-bond donors (Lipinski definition) is 2. The molecule has 0 aliphatic rings. The monoisotopic (exact) mass is 327 g/mol. The van der Waals surface area contributed by atoms with Gasteiger partial charge >= 0.3 is 5.97 Å². The van der Waals surface area contributed by atoms with Crippen molar-refractivity contribution in [3.63, 3.8) is 0 Å². The lowest BCUT2D eigenvalue weighted by Gasteiger charge is -2.12. The fourth-order valence-corrected chi connectivity index (χ4v) is 2.38. The smallest absolute Gasteiger partial charge is 0.311 e. The van der Waals surface area contributed by atoms with Gasteiger partial charge in [-0.2, -0.15) is 0 Å². The Morgan fingerprint density at radius 1 is 1.38 bits per heavy atom. The van der Waals surface area contributed by atoms with Crippen LogP contribution in [-0.4, -0.2) is 28.1 Å². The summed E-state index contributed by atoms with van der Waals surface area (Å²) in [5.41, 5.74) is 1.78. The van der Waals surface area contributed by atoms with Crippen LogP contribution in [0.1, 0.15) is 18.2 Å². The first-order valence-electron chi connectivity index (χ1n) is 7.51. The normalized spacial score (nSPS) is 12.1. The van der Waals surface area contributed by atoms with E-state index in [4.69, 9.17) is 9.26 Å². The van der Waals surface area contributed by atoms with E-state index in [1.807, 2.05) is 24.3 Å². The zero-order valence-electron chi connectivity index (χ0n) is 13.3. The average Bonchev–Trinajstić information content (AvgIpc) is 3.14. The van der Waals surface area contributed by atoms with Crippen LogP contribution in [0.2, 0.25) is 0 Å². The van der Waals surface area contributed by atoms with Crippen LogP contribution in [0.15, 0.2) is 41.1 Å². The topological polar surface area (TPSA) is 97.2 Å². The summed E-state index contributed by atoms with van der Waals surface area (Å²) in [5, 5.41) is 7.15. The Morgan fingerprint density at radius 2 is 2.17 bits per heavy atom. The minimum absolute atomic E-state index is 0.0880. The van der Waals surface area contributed by atoms with Crippen LogP contribution in [0.5, 0.6) is 0 Å². The number of benzene rings is 1. The summed E-state index contributed by atoms with van der Waals surface area (Å²) in [6.07, 6.45) is 0.930. The maximum atomic E-state index is 12.1. The van der Waals surface area contributed by atoms with Crippen molar-refractivity contribution in [1.82, 2.24) is 10.1 Å². The molecule has 124 valence electrons. The lowest BCUT2D eigenvalue weighted by molar-refractivity contribution is -0.152. The quantitative estimate of drug-likeness (QED) is 0.702. The second-order valence-electron chi connectivity index (χ2n) is 5.48. The number of para-hydroxylation sites is 1. The van der Waals surface area contributed by atoms with Crippen molar-refractivity contribution in [3.8, 4) is 0 Å². The highest BCUT2D eigenvalue weighted by Gasteiger charge is 2.20. The third-order valence-corrected chi connectivity index (χ3v) is 3.57. The fraction of sp³-hybridized carbons (Fsp3) is 0.235. The van der Waals surface area contributed by atoms with Crippen molar-refractivity contribution >= 4 is 28.6 Å². The van der Waals surface area contributed by atoms with Crippen LogP contribution in [0.25, 0.3) is 10.9 Å². The molecule has 2 heterocycles. The molecule has 7 nitrogen and oxygen atoms in total. The summed E-state index contributed by atoms with van der Waals surface area (Å²) in [6.45, 7) is 3.22. The van der Waals surface area contributed by atoms with Crippen LogP contribution in [-0.2, 0) is 20.7 Å². The number of aryl methyl sites for hydroxylation is 1. The van der Waals surface area contributed by atoms with Crippen molar-refractivity contribution in [2.24, 2.45) is 0 Å². The summed E-state index contributed by atoms with van der Waals surface area (Å²) in [6, 6.07) is 9.26. The summed E-state index contributed by atoms with van der Waals surface area (Å²) in [5.74, 6) is -0.0689. The number of nitrogens with zero attached hydrogens (tertiary/aromatic N) is 1. The number of H-pyrrole nitrogens is 1. The Balaban J connectivity index is 1.58. The highest BCUT2D eigenvalue weighted by molar-refractivity contribution is 5.94. The Morgan fingerprint density at radius 3 is 2.92 bits per heavy atom. The lowest BCUT2D eigenvalue weighted by Crippen LogP contribution is -2.30. The van der Waals surface area contributed by atoms with Crippen LogP contribution in [0.4, 0.5) is 5.82 Å². The predicted molar refractivity (Wildman–Crippen MR) is 87.4 cm³/mol. The van der Waals surface area contributed by atoms with E-state index in [1.165, 1.54) is 6.92 Å². The molecule has 1 amide bonds. The highest BCUT2D eigenvalue weighted by Crippen LogP contribution is 2.18. The molecule has 24 heavy (non-hydrogen) atoms. The maximum Gasteiger partial charge on any atom is 0.311 e. The van der Waals surface area contributed by atoms with Gasteiger partial charge in [0.05, 0.1) is 6.42 Å². The molecule has 7 heteroatoms. The first-order chi connectivity index (χ1) is 11.5. The van der Waals surface area contributed by atoms with Gasteiger partial charge in [0.2, 0.25) is 0 Å². The Bertz CT molecular complexity index is 881. The van der Waals surface area contributed by atoms with Crippen LogP contribution < -0.4 is 5.32 Å². The van der Waals surface area contributed by atoms with E-state index >= 15 is 0 Å². The maximum absolute atomic E-state index is 12.1. The van der Waals surface area contributed by atoms with Gasteiger partial charge in [-0.15, -0.1) is 0 Å². The Labute approximate surface area is 138 Å². The number of nitrogens with one attached hydrogen (secondary N) is 2. The van der Waals surface area contributed by atoms with Crippen LogP contribution >= 0.6 is 0 Å². The van der Waals surface area contributed by atoms with Gasteiger partial charge in [0.15, 0.2) is 11.9 Å². The first-order valence-corrected chi connectivity index (χ1v) is 7.51. The molecule has 0 bridgehead atoms. The molecule has 0 aliphatic carbocycles. The van der Waals surface area contributed by atoms with E-state index in [1.54, 1.807) is 19.2 Å². The van der Waals surface area contributed by atoms with Gasteiger partial charge in [-0.1, -0.05) is 23.4 Å². The molecule has 0 saturated heterocycles. The van der Waals surface area contributed by atoms with E-state index in [9.17, 15) is 9.59 Å². The zero-order valence-corrected chi connectivity index (χ0v) is 13.3. The number of hydrogen-bond acceptors (Lipinski definition) is 5. The molecular weight excluding hydrogens is 310 g/mol. The van der Waals surface area contributed by atoms with Gasteiger partial charge in [0, 0.05) is 23.2 Å². The van der Waals surface area contributed by atoms with Crippen molar-refractivity contribution in [1.29, 1.82) is 0 Å². The number of anilines is 1. The largest absolute Gasteiger partial charge is 0.452 e. The molecule has 1 aromatic carbocycles. The molecule has 1 atom stereocenters. The number of amides is 1. The van der Waals surface area contributed by atoms with E-state index in [0.717, 1.165) is 16.5 Å². The molecule has 0 saturated carbocycles. The average molecular weight is 327 g/mol. The van der Waals surface area contributed by atoms with Crippen molar-refractivity contribution < 1.29 is 18.8 Å². The molecule has 0 fully saturated rings. The van der Waals surface area contributed by atoms with Gasteiger partial charge in [-0.3, -0.25) is 9.59 Å². The minimum Gasteiger partial charge on any atom is -0.452 e. The summed E-state index contributed by atoms with van der Waals surface area (Å²) < 4.78 is 10.1. The zero-order chi connectivity index (χ0) is 17.1. The number of aromatic amines is 1. The number of carbonyl (C=O) groups excluding carboxylic acids is 2. The van der Waals surface area contributed by atoms with Gasteiger partial charge in [0.1, 0.15) is 5.76 Å². The minimum atomic E-state index is -0.931. The number of rotatable bonds is 5. The van der Waals surface area contributed by atoms with Gasteiger partial charge in [-0.25, -0.2) is 0 Å². The number of ether oxygens (including phenoxy) is 1. The van der Waals surface area contributed by atoms with Crippen molar-refractivity contribution in [2.45, 2.75) is 26.4 Å². The van der Waals surface area contributed by atoms with E-state index < -0.39 is 18.0 Å². The molecule has 2 aromatic heterocycles. The number of aromatic nitrogens is 2. The summed E-state index contributed by atoms with van der Waals surface area (Å²) >= 11 is 0. The van der Waals surface area contributed by atoms with E-state index in [0.29, 0.717) is 5.76 Å². The van der Waals surface area contributed by atoms with Crippen molar-refractivity contribution in [3.05, 3.63) is 47.9 Å². The third-order valence-electron chi connectivity index (χ3n) is 3.57. The second kappa shape index (κ2) is 6.57. The molecule has 1 unspecified atom stereocenters. The summed E-state index contributed by atoms with van der Waals surface area (Å²) in [7, 11) is 0. The molecule has 3 rings (SSSR count). The van der Waals surface area contributed by atoms with Crippen LogP contribution in [0.3, 0.4) is 0 Å². The molecular formula is C17H17N3O4. The number of esters is 1. The van der Waals surface area contributed by atoms with Crippen molar-refractivity contribution in [2.75, 3.05) is 5.32 Å². The summed E-state index contributed by atoms with van der Waals surface area (Å²) in [4.78, 5) is 27.2. The number of carbonyl (C=O) groups is 2. The SMILES string of the molecule is Cc1cc(NC(=O)C(C)OC(=O)Cc2c[nH]c3ccccc23)no1. The van der Waals surface area contributed by atoms with Gasteiger partial charge in [0.25, 0.3) is 5.91 Å². The van der Waals surface area contributed by atoms with E-state index in [-0.39, 0.29) is 12.2 Å². The Kier molecular flexibility index (Phi) is 4.33. The number of fused-ring (bicyclic) bond motifs is 1. The highest BCUT2D eigenvalue weighted by atomic mass is 16.5. The van der Waals surface area contributed by atoms with Gasteiger partial charge < -0.3 is 19.6 Å². The predicted octanol–water partition coefficient (Wildman–Crippen LogP) is 2.58. The third kappa shape index (κ3) is 3.45. The molecule has 2 N–H and O–H groups in total. The molecule has 0 aliphatic heterocycles. The Hall–Kier alpha value is -3.09. The fourth-order valence-electron chi connectivity index (χ4n) is 2.38. The van der Waals surface area contributed by atoms with Crippen LogP contribution in [0, 0.1) is 6.92 Å². The second-order valence-corrected chi connectivity index (χ2v) is 5.48. The van der Waals surface area contributed by atoms with Gasteiger partial charge in [-0.05, 0) is 25.5 Å². The molecule has 0 radical (unpaired) electrons. The standard InChI is InChI=1S/C17H17N3O4/c1-10-7-15(20-24-10)19-17(22)11(2)23-16(21)8-12-9-18-14-6-4-3-5-13(12)14/h3-7,9,11,18H,8H2,1-2H3,(H,19,20,22). The lowest BCUT2D eigenvalue weighted by atomic mass is 10.1. The van der Waals surface area contributed by atoms with E-state index in [2.05, 4.69) is 15.5 Å². The molecule has 3 aromatic rings.